The first kappa shape index (κ1) is 29.5. The lowest BCUT2D eigenvalue weighted by Gasteiger charge is -2.29. The van der Waals surface area contributed by atoms with Crippen LogP contribution >= 0.6 is 0 Å². The summed E-state index contributed by atoms with van der Waals surface area (Å²) in [6.07, 6.45) is 3.17. The van der Waals surface area contributed by atoms with E-state index in [2.05, 4.69) is 58.7 Å². The van der Waals surface area contributed by atoms with Gasteiger partial charge in [0, 0.05) is 12.7 Å². The number of aromatic nitrogens is 3. The number of H-pyrrole nitrogens is 2. The second-order valence-corrected chi connectivity index (χ2v) is 11.6. The minimum absolute atomic E-state index is 0.0234. The maximum Gasteiger partial charge on any atom is 0.271 e. The first-order valence-electron chi connectivity index (χ1n) is 15.1. The third-order valence-corrected chi connectivity index (χ3v) is 8.42. The van der Waals surface area contributed by atoms with Crippen molar-refractivity contribution in [3.8, 4) is 11.1 Å². The Morgan fingerprint density at radius 1 is 1.05 bits per heavy atom. The van der Waals surface area contributed by atoms with Gasteiger partial charge < -0.3 is 31.1 Å². The number of nitrogens with one attached hydrogen (secondary N) is 4. The number of aryl methyl sites for hydroxylation is 3. The van der Waals surface area contributed by atoms with Crippen molar-refractivity contribution in [2.45, 2.75) is 51.3 Å². The SMILES string of the molecule is Cc1cc2nc([C@@H]3CO[C@H](CCc4cc[nH]c(=O)c4NC(=O)[C@@H](N)Cc4ccc(-c5ccccc5)cc4)CN3)[nH]c2cc1C. The highest BCUT2D eigenvalue weighted by Gasteiger charge is 2.25. The van der Waals surface area contributed by atoms with Crippen LogP contribution in [0.15, 0.2) is 83.8 Å². The van der Waals surface area contributed by atoms with E-state index in [0.717, 1.165) is 39.1 Å². The van der Waals surface area contributed by atoms with Crippen molar-refractivity contribution in [1.82, 2.24) is 20.3 Å². The largest absolute Gasteiger partial charge is 0.375 e. The molecule has 3 heterocycles. The van der Waals surface area contributed by atoms with Gasteiger partial charge in [-0.1, -0.05) is 54.6 Å². The molecular formula is C35H38N6O3. The Bertz CT molecular complexity index is 1770. The Morgan fingerprint density at radius 2 is 1.80 bits per heavy atom. The number of anilines is 1. The average Bonchev–Trinajstić information content (AvgIpc) is 3.45. The number of nitrogens with zero attached hydrogens (tertiary/aromatic N) is 1. The number of carbonyl (C=O) groups excluding carboxylic acids is 1. The number of hydrogen-bond acceptors (Lipinski definition) is 6. The van der Waals surface area contributed by atoms with Crippen LogP contribution in [-0.2, 0) is 22.4 Å². The maximum absolute atomic E-state index is 13.1. The van der Waals surface area contributed by atoms with Gasteiger partial charge in [-0.3, -0.25) is 9.59 Å². The van der Waals surface area contributed by atoms with E-state index in [1.54, 1.807) is 6.20 Å². The van der Waals surface area contributed by atoms with Crippen molar-refractivity contribution in [3.63, 3.8) is 0 Å². The van der Waals surface area contributed by atoms with E-state index in [4.69, 9.17) is 15.5 Å². The summed E-state index contributed by atoms with van der Waals surface area (Å²) in [4.78, 5) is 36.7. The highest BCUT2D eigenvalue weighted by atomic mass is 16.5. The molecule has 0 radical (unpaired) electrons. The number of ether oxygens (including phenoxy) is 1. The summed E-state index contributed by atoms with van der Waals surface area (Å²) in [5.74, 6) is 0.469. The summed E-state index contributed by atoms with van der Waals surface area (Å²) < 4.78 is 6.19. The number of morpholine rings is 1. The van der Waals surface area contributed by atoms with E-state index in [1.165, 1.54) is 11.1 Å². The van der Waals surface area contributed by atoms with Gasteiger partial charge in [-0.15, -0.1) is 0 Å². The quantitative estimate of drug-likeness (QED) is 0.169. The molecule has 2 aromatic heterocycles. The van der Waals surface area contributed by atoms with Crippen LogP contribution in [0.2, 0.25) is 0 Å². The number of amides is 1. The molecule has 3 atom stereocenters. The van der Waals surface area contributed by atoms with Gasteiger partial charge in [0.05, 0.1) is 35.8 Å². The van der Waals surface area contributed by atoms with Crippen LogP contribution in [0.5, 0.6) is 0 Å². The molecule has 9 nitrogen and oxygen atoms in total. The molecule has 6 N–H and O–H groups in total. The molecule has 1 fully saturated rings. The van der Waals surface area contributed by atoms with Crippen molar-refractivity contribution in [2.75, 3.05) is 18.5 Å². The Hall–Kier alpha value is -4.57. The van der Waals surface area contributed by atoms with Crippen molar-refractivity contribution in [1.29, 1.82) is 0 Å². The lowest BCUT2D eigenvalue weighted by molar-refractivity contribution is -0.117. The predicted octanol–water partition coefficient (Wildman–Crippen LogP) is 4.71. The molecule has 3 aromatic carbocycles. The number of fused-ring (bicyclic) bond motifs is 1. The summed E-state index contributed by atoms with van der Waals surface area (Å²) in [6.45, 7) is 5.33. The molecule has 1 aliphatic heterocycles. The number of imidazole rings is 1. The van der Waals surface area contributed by atoms with Crippen LogP contribution in [0, 0.1) is 13.8 Å². The van der Waals surface area contributed by atoms with Crippen LogP contribution in [0.3, 0.4) is 0 Å². The summed E-state index contributed by atoms with van der Waals surface area (Å²) >= 11 is 0. The molecule has 6 rings (SSSR count). The molecule has 0 bridgehead atoms. The monoisotopic (exact) mass is 590 g/mol. The molecule has 0 aliphatic carbocycles. The second-order valence-electron chi connectivity index (χ2n) is 11.6. The summed E-state index contributed by atoms with van der Waals surface area (Å²) in [5.41, 5.74) is 14.5. The minimum Gasteiger partial charge on any atom is -0.375 e. The zero-order chi connectivity index (χ0) is 30.6. The Labute approximate surface area is 256 Å². The van der Waals surface area contributed by atoms with Gasteiger partial charge in [-0.2, -0.15) is 0 Å². The van der Waals surface area contributed by atoms with Crippen LogP contribution in [-0.4, -0.2) is 46.2 Å². The first-order chi connectivity index (χ1) is 21.3. The van der Waals surface area contributed by atoms with Crippen LogP contribution < -0.4 is 21.9 Å². The molecule has 5 aromatic rings. The number of pyridine rings is 1. The molecule has 0 spiro atoms. The van der Waals surface area contributed by atoms with Crippen LogP contribution in [0.1, 0.15) is 40.5 Å². The Balaban J connectivity index is 1.03. The van der Waals surface area contributed by atoms with Gasteiger partial charge in [0.1, 0.15) is 11.5 Å². The van der Waals surface area contributed by atoms with Gasteiger partial charge in [0.2, 0.25) is 5.91 Å². The summed E-state index contributed by atoms with van der Waals surface area (Å²) in [5, 5.41) is 6.34. The summed E-state index contributed by atoms with van der Waals surface area (Å²) in [7, 11) is 0. The van der Waals surface area contributed by atoms with Crippen LogP contribution in [0.25, 0.3) is 22.2 Å². The van der Waals surface area contributed by atoms with Crippen molar-refractivity contribution in [3.05, 3.63) is 117 Å². The standard InChI is InChI=1S/C35H38N6O3/c1-21-16-29-30(17-22(21)2)40-33(39-29)31-20-44-27(19-38-31)13-12-26-14-15-37-35(43)32(26)41-34(42)28(36)18-23-8-10-25(11-9-23)24-6-4-3-5-7-24/h3-11,14-17,27-28,31,38H,12-13,18-20,36H2,1-2H3,(H,37,43)(H,39,40)(H,41,42)/t27-,28+,31+/m1/s1. The molecular weight excluding hydrogens is 552 g/mol. The first-order valence-corrected chi connectivity index (χ1v) is 15.1. The number of hydrogen-bond donors (Lipinski definition) is 5. The average molecular weight is 591 g/mol. The minimum atomic E-state index is -0.807. The highest BCUT2D eigenvalue weighted by molar-refractivity contribution is 5.95. The second kappa shape index (κ2) is 13.0. The van der Waals surface area contributed by atoms with E-state index in [9.17, 15) is 9.59 Å². The highest BCUT2D eigenvalue weighted by Crippen LogP contribution is 2.24. The number of rotatable bonds is 9. The topological polar surface area (TPSA) is 138 Å². The smallest absolute Gasteiger partial charge is 0.271 e. The fraction of sp³-hybridized carbons (Fsp3) is 0.286. The van der Waals surface area contributed by atoms with E-state index < -0.39 is 11.9 Å². The molecule has 1 aliphatic rings. The zero-order valence-electron chi connectivity index (χ0n) is 25.0. The number of benzene rings is 3. The zero-order valence-corrected chi connectivity index (χ0v) is 25.0. The molecule has 0 unspecified atom stereocenters. The molecule has 44 heavy (non-hydrogen) atoms. The van der Waals surface area contributed by atoms with Gasteiger partial charge in [-0.05, 0) is 84.7 Å². The normalized spacial score (nSPS) is 17.4. The molecule has 1 saturated heterocycles. The van der Waals surface area contributed by atoms with Gasteiger partial charge in [0.25, 0.3) is 5.56 Å². The molecule has 226 valence electrons. The van der Waals surface area contributed by atoms with E-state index in [0.29, 0.717) is 32.4 Å². The van der Waals surface area contributed by atoms with Crippen molar-refractivity contribution in [2.24, 2.45) is 5.73 Å². The Morgan fingerprint density at radius 3 is 2.55 bits per heavy atom. The molecule has 0 saturated carbocycles. The number of carbonyl (C=O) groups is 1. The fourth-order valence-electron chi connectivity index (χ4n) is 5.65. The fourth-order valence-corrected chi connectivity index (χ4v) is 5.65. The van der Waals surface area contributed by atoms with Crippen molar-refractivity contribution < 1.29 is 9.53 Å². The molecule has 1 amide bonds. The third kappa shape index (κ3) is 6.65. The lowest BCUT2D eigenvalue weighted by Crippen LogP contribution is -2.42. The summed E-state index contributed by atoms with van der Waals surface area (Å²) in [6, 6.07) is 23.3. The lowest BCUT2D eigenvalue weighted by atomic mass is 10.0. The van der Waals surface area contributed by atoms with Crippen molar-refractivity contribution >= 4 is 22.6 Å². The van der Waals surface area contributed by atoms with Gasteiger partial charge in [0.15, 0.2) is 0 Å². The number of aromatic amines is 2. The van der Waals surface area contributed by atoms with Gasteiger partial charge >= 0.3 is 0 Å². The van der Waals surface area contributed by atoms with Gasteiger partial charge in [-0.25, -0.2) is 4.98 Å². The van der Waals surface area contributed by atoms with E-state index in [1.807, 2.05) is 48.5 Å². The molecule has 9 heteroatoms. The Kier molecular flexibility index (Phi) is 8.70. The third-order valence-electron chi connectivity index (χ3n) is 8.42. The van der Waals surface area contributed by atoms with Crippen LogP contribution in [0.4, 0.5) is 5.69 Å². The predicted molar refractivity (Wildman–Crippen MR) is 174 cm³/mol. The number of nitrogens with two attached hydrogens (primary N) is 1. The maximum atomic E-state index is 13.1. The van der Waals surface area contributed by atoms with E-state index in [-0.39, 0.29) is 23.4 Å². The van der Waals surface area contributed by atoms with E-state index >= 15 is 0 Å².